The first-order valence-corrected chi connectivity index (χ1v) is 7.24. The number of nitrogens with two attached hydrogens (primary N) is 1. The fourth-order valence-corrected chi connectivity index (χ4v) is 2.21. The molecule has 0 saturated heterocycles. The number of nitrogens with zero attached hydrogens (tertiary/aromatic N) is 3. The zero-order valence-corrected chi connectivity index (χ0v) is 12.3. The Hall–Kier alpha value is -2.08. The quantitative estimate of drug-likeness (QED) is 0.256. The maximum absolute atomic E-state index is 8.74. The number of para-hydroxylation sites is 2. The summed E-state index contributed by atoms with van der Waals surface area (Å²) in [7, 11) is 0. The topological polar surface area (TPSA) is 85.7 Å². The number of imidazole rings is 1. The van der Waals surface area contributed by atoms with Crippen LogP contribution in [0.3, 0.4) is 0 Å². The molecular weight excluding hydrogens is 268 g/mol. The Morgan fingerprint density at radius 1 is 1.38 bits per heavy atom. The summed E-state index contributed by atoms with van der Waals surface area (Å²) in [6, 6.07) is 7.90. The minimum absolute atomic E-state index is 0.151. The van der Waals surface area contributed by atoms with E-state index in [0.717, 1.165) is 36.3 Å². The van der Waals surface area contributed by atoms with E-state index in [-0.39, 0.29) is 5.84 Å². The molecule has 0 aliphatic carbocycles. The molecule has 2 aromatic rings. The van der Waals surface area contributed by atoms with Gasteiger partial charge in [0, 0.05) is 13.2 Å². The largest absolute Gasteiger partial charge is 0.409 e. The van der Waals surface area contributed by atoms with E-state index >= 15 is 0 Å². The first-order chi connectivity index (χ1) is 10.3. The minimum atomic E-state index is 0.151. The number of ether oxygens (including phenoxy) is 1. The van der Waals surface area contributed by atoms with Crippen LogP contribution >= 0.6 is 0 Å². The maximum atomic E-state index is 8.74. The van der Waals surface area contributed by atoms with Crippen molar-refractivity contribution in [1.29, 1.82) is 0 Å². The Morgan fingerprint density at radius 2 is 2.19 bits per heavy atom. The Balaban J connectivity index is 2.15. The first-order valence-electron chi connectivity index (χ1n) is 7.24. The molecule has 0 unspecified atom stereocenters. The van der Waals surface area contributed by atoms with Crippen LogP contribution in [0.25, 0.3) is 11.0 Å². The van der Waals surface area contributed by atoms with Crippen molar-refractivity contribution in [1.82, 2.24) is 9.55 Å². The zero-order chi connectivity index (χ0) is 15.1. The molecule has 1 aromatic carbocycles. The highest BCUT2D eigenvalue weighted by Crippen LogP contribution is 2.16. The Labute approximate surface area is 124 Å². The molecule has 114 valence electrons. The highest BCUT2D eigenvalue weighted by Gasteiger charge is 2.11. The molecule has 1 aromatic heterocycles. The molecule has 0 fully saturated rings. The third-order valence-corrected chi connectivity index (χ3v) is 3.30. The number of rotatable bonds is 8. The molecule has 0 aliphatic rings. The number of amidine groups is 1. The van der Waals surface area contributed by atoms with Crippen LogP contribution < -0.4 is 5.73 Å². The van der Waals surface area contributed by atoms with Crippen molar-refractivity contribution in [3.63, 3.8) is 0 Å². The van der Waals surface area contributed by atoms with Gasteiger partial charge in [-0.3, -0.25) is 0 Å². The van der Waals surface area contributed by atoms with Crippen LogP contribution in [-0.4, -0.2) is 33.8 Å². The minimum Gasteiger partial charge on any atom is -0.409 e. The van der Waals surface area contributed by atoms with Gasteiger partial charge in [0.25, 0.3) is 0 Å². The van der Waals surface area contributed by atoms with Crippen LogP contribution in [0.5, 0.6) is 0 Å². The highest BCUT2D eigenvalue weighted by molar-refractivity contribution is 5.83. The van der Waals surface area contributed by atoms with Crippen molar-refractivity contribution in [3.8, 4) is 0 Å². The van der Waals surface area contributed by atoms with Crippen LogP contribution in [-0.2, 0) is 17.7 Å². The van der Waals surface area contributed by atoms with Crippen LogP contribution in [0.1, 0.15) is 25.6 Å². The SMILES string of the molecule is CCCCOCCn1c(CC(N)=NO)nc2ccccc21. The average molecular weight is 290 g/mol. The lowest BCUT2D eigenvalue weighted by Crippen LogP contribution is -2.19. The van der Waals surface area contributed by atoms with E-state index in [0.29, 0.717) is 19.6 Å². The molecule has 0 saturated carbocycles. The highest BCUT2D eigenvalue weighted by atomic mass is 16.5. The van der Waals surface area contributed by atoms with Gasteiger partial charge in [-0.15, -0.1) is 0 Å². The first kappa shape index (κ1) is 15.3. The normalized spacial score (nSPS) is 12.1. The lowest BCUT2D eigenvalue weighted by atomic mass is 10.3. The summed E-state index contributed by atoms with van der Waals surface area (Å²) in [5.74, 6) is 0.934. The van der Waals surface area contributed by atoms with Crippen molar-refractivity contribution >= 4 is 16.9 Å². The number of hydrogen-bond acceptors (Lipinski definition) is 4. The summed E-state index contributed by atoms with van der Waals surface area (Å²) >= 11 is 0. The molecule has 21 heavy (non-hydrogen) atoms. The monoisotopic (exact) mass is 290 g/mol. The van der Waals surface area contributed by atoms with Crippen molar-refractivity contribution in [2.45, 2.75) is 32.7 Å². The predicted molar refractivity (Wildman–Crippen MR) is 82.6 cm³/mol. The van der Waals surface area contributed by atoms with Crippen LogP contribution in [0.4, 0.5) is 0 Å². The third-order valence-electron chi connectivity index (χ3n) is 3.30. The fourth-order valence-electron chi connectivity index (χ4n) is 2.21. The van der Waals surface area contributed by atoms with Crippen molar-refractivity contribution < 1.29 is 9.94 Å². The van der Waals surface area contributed by atoms with E-state index in [4.69, 9.17) is 15.7 Å². The lowest BCUT2D eigenvalue weighted by Gasteiger charge is -2.09. The molecule has 0 atom stereocenters. The summed E-state index contributed by atoms with van der Waals surface area (Å²) in [5.41, 5.74) is 7.55. The molecule has 0 aliphatic heterocycles. The van der Waals surface area contributed by atoms with Gasteiger partial charge in [-0.25, -0.2) is 4.98 Å². The van der Waals surface area contributed by atoms with E-state index in [1.165, 1.54) is 0 Å². The molecule has 3 N–H and O–H groups in total. The summed E-state index contributed by atoms with van der Waals surface area (Å²) < 4.78 is 7.69. The molecule has 0 radical (unpaired) electrons. The number of oxime groups is 1. The van der Waals surface area contributed by atoms with E-state index in [2.05, 4.69) is 21.6 Å². The van der Waals surface area contributed by atoms with Gasteiger partial charge < -0.3 is 20.2 Å². The molecule has 2 rings (SSSR count). The Bertz CT molecular complexity index is 607. The summed E-state index contributed by atoms with van der Waals surface area (Å²) in [4.78, 5) is 4.55. The third kappa shape index (κ3) is 3.95. The number of unbranched alkanes of at least 4 members (excludes halogenated alkanes) is 1. The van der Waals surface area contributed by atoms with Crippen LogP contribution in [0.2, 0.25) is 0 Å². The second-order valence-electron chi connectivity index (χ2n) is 4.90. The van der Waals surface area contributed by atoms with Gasteiger partial charge >= 0.3 is 0 Å². The van der Waals surface area contributed by atoms with Crippen LogP contribution in [0, 0.1) is 0 Å². The summed E-state index contributed by atoms with van der Waals surface area (Å²) in [5, 5.41) is 11.8. The van der Waals surface area contributed by atoms with Gasteiger partial charge in [-0.1, -0.05) is 30.6 Å². The average Bonchev–Trinajstić information content (AvgIpc) is 2.84. The van der Waals surface area contributed by atoms with E-state index < -0.39 is 0 Å². The van der Waals surface area contributed by atoms with Crippen molar-refractivity contribution in [2.24, 2.45) is 10.9 Å². The molecule has 0 spiro atoms. The van der Waals surface area contributed by atoms with E-state index in [1.54, 1.807) is 0 Å². The standard InChI is InChI=1S/C15H22N4O2/c1-2-3-9-21-10-8-19-13-7-5-4-6-12(13)17-15(19)11-14(16)18-20/h4-7,20H,2-3,8-11H2,1H3,(H2,16,18). The Kier molecular flexibility index (Phi) is 5.57. The molecular formula is C15H22N4O2. The van der Waals surface area contributed by atoms with Gasteiger partial charge in [-0.2, -0.15) is 0 Å². The maximum Gasteiger partial charge on any atom is 0.146 e. The van der Waals surface area contributed by atoms with E-state index in [1.807, 2.05) is 24.3 Å². The van der Waals surface area contributed by atoms with Crippen molar-refractivity contribution in [2.75, 3.05) is 13.2 Å². The van der Waals surface area contributed by atoms with E-state index in [9.17, 15) is 0 Å². The molecule has 0 amide bonds. The number of hydrogen-bond donors (Lipinski definition) is 2. The van der Waals surface area contributed by atoms with Gasteiger partial charge in [-0.05, 0) is 18.6 Å². The smallest absolute Gasteiger partial charge is 0.146 e. The van der Waals surface area contributed by atoms with Gasteiger partial charge in [0.15, 0.2) is 0 Å². The summed E-state index contributed by atoms with van der Waals surface area (Å²) in [6.45, 7) is 4.25. The second kappa shape index (κ2) is 7.64. The number of benzene rings is 1. The van der Waals surface area contributed by atoms with Gasteiger partial charge in [0.2, 0.25) is 0 Å². The number of fused-ring (bicyclic) bond motifs is 1. The molecule has 6 heteroatoms. The molecule has 6 nitrogen and oxygen atoms in total. The van der Waals surface area contributed by atoms with Gasteiger partial charge in [0.05, 0.1) is 24.1 Å². The van der Waals surface area contributed by atoms with Gasteiger partial charge in [0.1, 0.15) is 11.7 Å². The van der Waals surface area contributed by atoms with Crippen molar-refractivity contribution in [3.05, 3.63) is 30.1 Å². The zero-order valence-electron chi connectivity index (χ0n) is 12.3. The number of aromatic nitrogens is 2. The molecule has 0 bridgehead atoms. The van der Waals surface area contributed by atoms with Crippen LogP contribution in [0.15, 0.2) is 29.4 Å². The summed E-state index contributed by atoms with van der Waals surface area (Å²) in [6.07, 6.45) is 2.52. The second-order valence-corrected chi connectivity index (χ2v) is 4.90. The fraction of sp³-hybridized carbons (Fsp3) is 0.467. The molecule has 1 heterocycles. The Morgan fingerprint density at radius 3 is 2.95 bits per heavy atom. The lowest BCUT2D eigenvalue weighted by molar-refractivity contribution is 0.124. The predicted octanol–water partition coefficient (Wildman–Crippen LogP) is 2.14.